The summed E-state index contributed by atoms with van der Waals surface area (Å²) in [5.41, 5.74) is 1.29. The number of aliphatic imine (C=N–C) groups is 1. The highest BCUT2D eigenvalue weighted by Gasteiger charge is 2.21. The molecular formula is C19H25N3OS. The minimum atomic E-state index is 0.461. The quantitative estimate of drug-likeness (QED) is 0.644. The van der Waals surface area contributed by atoms with Crippen molar-refractivity contribution in [2.45, 2.75) is 25.2 Å². The summed E-state index contributed by atoms with van der Waals surface area (Å²) in [6.45, 7) is 4.77. The number of benzene rings is 1. The summed E-state index contributed by atoms with van der Waals surface area (Å²) in [7, 11) is 1.82. The van der Waals surface area contributed by atoms with Crippen LogP contribution >= 0.6 is 11.3 Å². The van der Waals surface area contributed by atoms with Gasteiger partial charge in [0.15, 0.2) is 5.96 Å². The number of nitrogens with zero attached hydrogens (tertiary/aromatic N) is 1. The van der Waals surface area contributed by atoms with E-state index >= 15 is 0 Å². The minimum Gasteiger partial charge on any atom is -0.493 e. The lowest BCUT2D eigenvalue weighted by Gasteiger charge is -2.26. The van der Waals surface area contributed by atoms with Gasteiger partial charge >= 0.3 is 0 Å². The Bertz CT molecular complexity index is 669. The lowest BCUT2D eigenvalue weighted by atomic mass is 9.93. The maximum Gasteiger partial charge on any atom is 0.191 e. The summed E-state index contributed by atoms with van der Waals surface area (Å²) in [6, 6.07) is 12.6. The van der Waals surface area contributed by atoms with Gasteiger partial charge < -0.3 is 15.4 Å². The minimum absolute atomic E-state index is 0.461. The first-order chi connectivity index (χ1) is 11.8. The Hall–Kier alpha value is -2.01. The topological polar surface area (TPSA) is 45.7 Å². The number of para-hydroxylation sites is 1. The van der Waals surface area contributed by atoms with Crippen LogP contribution in [0.25, 0.3) is 0 Å². The number of rotatable bonds is 5. The van der Waals surface area contributed by atoms with E-state index in [0.717, 1.165) is 37.8 Å². The number of thiophene rings is 1. The molecule has 0 spiro atoms. The number of nitrogens with one attached hydrogen (secondary N) is 2. The zero-order valence-corrected chi connectivity index (χ0v) is 15.1. The van der Waals surface area contributed by atoms with E-state index in [1.54, 1.807) is 11.3 Å². The molecule has 1 aliphatic rings. The van der Waals surface area contributed by atoms with Crippen molar-refractivity contribution in [3.8, 4) is 5.75 Å². The van der Waals surface area contributed by atoms with Crippen LogP contribution < -0.4 is 15.4 Å². The van der Waals surface area contributed by atoms with Gasteiger partial charge in [0.2, 0.25) is 0 Å². The molecule has 2 atom stereocenters. The number of hydrogen-bond acceptors (Lipinski definition) is 3. The normalized spacial score (nSPS) is 18.4. The summed E-state index contributed by atoms with van der Waals surface area (Å²) in [5, 5.41) is 9.03. The van der Waals surface area contributed by atoms with Crippen LogP contribution in [0.5, 0.6) is 5.75 Å². The van der Waals surface area contributed by atoms with E-state index in [-0.39, 0.29) is 0 Å². The maximum absolute atomic E-state index is 5.73. The fourth-order valence-electron chi connectivity index (χ4n) is 2.99. The highest BCUT2D eigenvalue weighted by molar-refractivity contribution is 7.10. The first-order valence-electron chi connectivity index (χ1n) is 8.47. The van der Waals surface area contributed by atoms with Crippen molar-refractivity contribution >= 4 is 17.3 Å². The second kappa shape index (κ2) is 8.20. The Morgan fingerprint density at radius 1 is 1.29 bits per heavy atom. The van der Waals surface area contributed by atoms with Crippen LogP contribution in [0.4, 0.5) is 0 Å². The molecule has 0 aliphatic carbocycles. The van der Waals surface area contributed by atoms with Gasteiger partial charge in [-0.1, -0.05) is 31.2 Å². The molecule has 0 saturated carbocycles. The maximum atomic E-state index is 5.73. The first-order valence-corrected chi connectivity index (χ1v) is 9.35. The molecule has 2 unspecified atom stereocenters. The SMILES string of the molecule is CN=C(NCC(C)c1cccs1)NCC1CCOc2ccccc21. The van der Waals surface area contributed by atoms with Crippen molar-refractivity contribution in [1.29, 1.82) is 0 Å². The molecule has 3 rings (SSSR count). The Morgan fingerprint density at radius 2 is 2.17 bits per heavy atom. The lowest BCUT2D eigenvalue weighted by Crippen LogP contribution is -2.41. The Kier molecular flexibility index (Phi) is 5.75. The van der Waals surface area contributed by atoms with E-state index in [9.17, 15) is 0 Å². The third-order valence-corrected chi connectivity index (χ3v) is 5.53. The molecule has 1 aromatic heterocycles. The molecule has 2 aromatic rings. The monoisotopic (exact) mass is 343 g/mol. The predicted octanol–water partition coefficient (Wildman–Crippen LogP) is 3.58. The lowest BCUT2D eigenvalue weighted by molar-refractivity contribution is 0.267. The van der Waals surface area contributed by atoms with Crippen LogP contribution in [0.1, 0.15) is 35.6 Å². The molecule has 24 heavy (non-hydrogen) atoms. The molecular weight excluding hydrogens is 318 g/mol. The van der Waals surface area contributed by atoms with Gasteiger partial charge in [0.25, 0.3) is 0 Å². The Morgan fingerprint density at radius 3 is 2.96 bits per heavy atom. The summed E-state index contributed by atoms with van der Waals surface area (Å²) in [6.07, 6.45) is 1.03. The van der Waals surface area contributed by atoms with E-state index in [2.05, 4.69) is 58.3 Å². The van der Waals surface area contributed by atoms with Crippen LogP contribution in [-0.4, -0.2) is 32.7 Å². The molecule has 0 bridgehead atoms. The van der Waals surface area contributed by atoms with Crippen LogP contribution in [0.2, 0.25) is 0 Å². The fourth-order valence-corrected chi connectivity index (χ4v) is 3.78. The van der Waals surface area contributed by atoms with E-state index in [1.165, 1.54) is 10.4 Å². The molecule has 0 amide bonds. The molecule has 2 N–H and O–H groups in total. The largest absolute Gasteiger partial charge is 0.493 e. The van der Waals surface area contributed by atoms with Crippen LogP contribution in [0, 0.1) is 0 Å². The van der Waals surface area contributed by atoms with Crippen molar-refractivity contribution < 1.29 is 4.74 Å². The Labute approximate surface area is 148 Å². The number of ether oxygens (including phenoxy) is 1. The molecule has 2 heterocycles. The average Bonchev–Trinajstić information content (AvgIpc) is 3.16. The van der Waals surface area contributed by atoms with Gasteiger partial charge in [-0.15, -0.1) is 11.3 Å². The molecule has 0 radical (unpaired) electrons. The second-order valence-corrected chi connectivity index (χ2v) is 7.10. The van der Waals surface area contributed by atoms with Crippen molar-refractivity contribution in [1.82, 2.24) is 10.6 Å². The molecule has 5 heteroatoms. The number of hydrogen-bond donors (Lipinski definition) is 2. The summed E-state index contributed by atoms with van der Waals surface area (Å²) in [4.78, 5) is 5.75. The number of guanidine groups is 1. The molecule has 4 nitrogen and oxygen atoms in total. The first kappa shape index (κ1) is 16.8. The molecule has 0 saturated heterocycles. The van der Waals surface area contributed by atoms with E-state index < -0.39 is 0 Å². The second-order valence-electron chi connectivity index (χ2n) is 6.12. The number of fused-ring (bicyclic) bond motifs is 1. The zero-order valence-electron chi connectivity index (χ0n) is 14.3. The zero-order chi connectivity index (χ0) is 16.8. The fraction of sp³-hybridized carbons (Fsp3) is 0.421. The van der Waals surface area contributed by atoms with Gasteiger partial charge in [0.1, 0.15) is 5.75 Å². The standard InChI is InChI=1S/C19H25N3OS/c1-14(18-8-5-11-24-18)12-21-19(20-2)22-13-15-9-10-23-17-7-4-3-6-16(15)17/h3-8,11,14-15H,9-10,12-13H2,1-2H3,(H2,20,21,22). The van der Waals surface area contributed by atoms with Gasteiger partial charge in [0, 0.05) is 36.9 Å². The highest BCUT2D eigenvalue weighted by atomic mass is 32.1. The summed E-state index contributed by atoms with van der Waals surface area (Å²) < 4.78 is 5.73. The van der Waals surface area contributed by atoms with Gasteiger partial charge in [0.05, 0.1) is 6.61 Å². The van der Waals surface area contributed by atoms with Crippen LogP contribution in [-0.2, 0) is 0 Å². The molecule has 0 fully saturated rings. The smallest absolute Gasteiger partial charge is 0.191 e. The molecule has 128 valence electrons. The highest BCUT2D eigenvalue weighted by Crippen LogP contribution is 2.32. The summed E-state index contributed by atoms with van der Waals surface area (Å²) >= 11 is 1.80. The van der Waals surface area contributed by atoms with Crippen molar-refractivity contribution in [3.63, 3.8) is 0 Å². The van der Waals surface area contributed by atoms with Crippen LogP contribution in [0.15, 0.2) is 46.8 Å². The molecule has 1 aliphatic heterocycles. The summed E-state index contributed by atoms with van der Waals surface area (Å²) in [5.74, 6) is 2.82. The third kappa shape index (κ3) is 4.09. The third-order valence-electron chi connectivity index (χ3n) is 4.43. The average molecular weight is 343 g/mol. The van der Waals surface area contributed by atoms with E-state index in [0.29, 0.717) is 11.8 Å². The van der Waals surface area contributed by atoms with Crippen molar-refractivity contribution in [2.75, 3.05) is 26.7 Å². The van der Waals surface area contributed by atoms with Gasteiger partial charge in [-0.05, 0) is 29.5 Å². The predicted molar refractivity (Wildman–Crippen MR) is 101 cm³/mol. The van der Waals surface area contributed by atoms with Crippen LogP contribution in [0.3, 0.4) is 0 Å². The van der Waals surface area contributed by atoms with Crippen molar-refractivity contribution in [2.24, 2.45) is 4.99 Å². The molecule has 1 aromatic carbocycles. The van der Waals surface area contributed by atoms with E-state index in [4.69, 9.17) is 4.74 Å². The Balaban J connectivity index is 1.52. The van der Waals surface area contributed by atoms with Gasteiger partial charge in [-0.2, -0.15) is 0 Å². The van der Waals surface area contributed by atoms with Gasteiger partial charge in [-0.3, -0.25) is 4.99 Å². The van der Waals surface area contributed by atoms with Crippen molar-refractivity contribution in [3.05, 3.63) is 52.2 Å². The van der Waals surface area contributed by atoms with Gasteiger partial charge in [-0.25, -0.2) is 0 Å². The van der Waals surface area contributed by atoms with E-state index in [1.807, 2.05) is 13.1 Å².